The minimum atomic E-state index is -0.649. The molecule has 7 heteroatoms. The van der Waals surface area contributed by atoms with E-state index >= 15 is 0 Å². The van der Waals surface area contributed by atoms with Crippen LogP contribution in [-0.4, -0.2) is 41.2 Å². The molecule has 1 aromatic carbocycles. The lowest BCUT2D eigenvalue weighted by molar-refractivity contribution is -0.126. The predicted octanol–water partition coefficient (Wildman–Crippen LogP) is 2.29. The van der Waals surface area contributed by atoms with Gasteiger partial charge in [-0.25, -0.2) is 0 Å². The first-order chi connectivity index (χ1) is 12.0. The van der Waals surface area contributed by atoms with Gasteiger partial charge < -0.3 is 15.5 Å². The first-order valence-corrected chi connectivity index (χ1v) is 9.55. The van der Waals surface area contributed by atoms with Gasteiger partial charge in [-0.15, -0.1) is 0 Å². The van der Waals surface area contributed by atoms with Gasteiger partial charge in [0.1, 0.15) is 6.04 Å². The molecule has 2 aliphatic heterocycles. The Kier molecular flexibility index (Phi) is 4.27. The summed E-state index contributed by atoms with van der Waals surface area (Å²) in [6.07, 6.45) is 4.60. The maximum absolute atomic E-state index is 12.9. The Balaban J connectivity index is 1.57. The summed E-state index contributed by atoms with van der Waals surface area (Å²) in [5.41, 5.74) is 1.00. The number of nitrogens with zero attached hydrogens (tertiary/aromatic N) is 1. The lowest BCUT2D eigenvalue weighted by Gasteiger charge is -2.25. The second-order valence-electron chi connectivity index (χ2n) is 7.01. The van der Waals surface area contributed by atoms with Crippen molar-refractivity contribution >= 4 is 39.3 Å². The largest absolute Gasteiger partial charge is 0.350 e. The summed E-state index contributed by atoms with van der Waals surface area (Å²) in [6.45, 7) is 0.471. The van der Waals surface area contributed by atoms with Gasteiger partial charge in [0.05, 0.1) is 17.3 Å². The van der Waals surface area contributed by atoms with Gasteiger partial charge in [-0.1, -0.05) is 28.8 Å². The Morgan fingerprint density at radius 3 is 2.72 bits per heavy atom. The van der Waals surface area contributed by atoms with E-state index in [-0.39, 0.29) is 29.7 Å². The van der Waals surface area contributed by atoms with Crippen molar-refractivity contribution in [2.75, 3.05) is 11.9 Å². The Morgan fingerprint density at radius 1 is 1.20 bits per heavy atom. The quantitative estimate of drug-likeness (QED) is 0.791. The average molecular weight is 406 g/mol. The van der Waals surface area contributed by atoms with Crippen molar-refractivity contribution in [3.05, 3.63) is 28.2 Å². The van der Waals surface area contributed by atoms with E-state index in [9.17, 15) is 14.4 Å². The molecule has 132 valence electrons. The number of hydrogen-bond donors (Lipinski definition) is 2. The molecule has 0 spiro atoms. The van der Waals surface area contributed by atoms with E-state index in [0.29, 0.717) is 24.2 Å². The molecule has 1 aliphatic carbocycles. The summed E-state index contributed by atoms with van der Waals surface area (Å²) in [7, 11) is 0. The van der Waals surface area contributed by atoms with Crippen LogP contribution < -0.4 is 10.6 Å². The zero-order chi connectivity index (χ0) is 17.6. The van der Waals surface area contributed by atoms with E-state index in [2.05, 4.69) is 26.6 Å². The molecule has 3 aliphatic rings. The average Bonchev–Trinajstić information content (AvgIpc) is 3.23. The van der Waals surface area contributed by atoms with Crippen LogP contribution in [0.2, 0.25) is 0 Å². The fourth-order valence-electron chi connectivity index (χ4n) is 4.15. The van der Waals surface area contributed by atoms with Crippen LogP contribution in [0, 0.1) is 5.92 Å². The Hall–Kier alpha value is -1.89. The van der Waals surface area contributed by atoms with Gasteiger partial charge in [0.2, 0.25) is 11.8 Å². The number of hydrogen-bond acceptors (Lipinski definition) is 3. The highest BCUT2D eigenvalue weighted by atomic mass is 79.9. The molecule has 2 atom stereocenters. The van der Waals surface area contributed by atoms with Crippen LogP contribution in [0.3, 0.4) is 0 Å². The molecule has 4 rings (SSSR count). The molecule has 2 fully saturated rings. The minimum absolute atomic E-state index is 0.0223. The molecule has 1 aromatic rings. The number of fused-ring (bicyclic) bond motifs is 2. The predicted molar refractivity (Wildman–Crippen MR) is 96.1 cm³/mol. The van der Waals surface area contributed by atoms with Gasteiger partial charge in [-0.2, -0.15) is 0 Å². The maximum atomic E-state index is 12.9. The molecule has 0 radical (unpaired) electrons. The smallest absolute Gasteiger partial charge is 0.256 e. The van der Waals surface area contributed by atoms with Crippen LogP contribution in [-0.2, 0) is 9.59 Å². The monoisotopic (exact) mass is 405 g/mol. The first-order valence-electron chi connectivity index (χ1n) is 8.76. The summed E-state index contributed by atoms with van der Waals surface area (Å²) in [5, 5.41) is 5.88. The van der Waals surface area contributed by atoms with Crippen molar-refractivity contribution in [3.8, 4) is 0 Å². The van der Waals surface area contributed by atoms with Gasteiger partial charge in [-0.05, 0) is 37.5 Å². The molecular formula is C18H20BrN3O3. The molecule has 0 unspecified atom stereocenters. The summed E-state index contributed by atoms with van der Waals surface area (Å²) in [6, 6.07) is 4.27. The lowest BCUT2D eigenvalue weighted by atomic mass is 10.0. The standard InChI is InChI=1S/C18H20BrN3O3/c19-11-5-6-13-12(9-11)18(25)22-8-7-14(15(22)17(24)20-13)21-16(23)10-3-1-2-4-10/h5-6,9-10,14-15H,1-4,7-8H2,(H,20,24)(H,21,23)/t14-,15-/m0/s1. The van der Waals surface area contributed by atoms with Gasteiger partial charge in [0.25, 0.3) is 5.91 Å². The summed E-state index contributed by atoms with van der Waals surface area (Å²) in [5.74, 6) is -0.332. The number of anilines is 1. The number of amides is 3. The molecule has 6 nitrogen and oxygen atoms in total. The van der Waals surface area contributed by atoms with Crippen LogP contribution in [0.25, 0.3) is 0 Å². The van der Waals surface area contributed by atoms with E-state index in [4.69, 9.17) is 0 Å². The van der Waals surface area contributed by atoms with Crippen LogP contribution >= 0.6 is 15.9 Å². The second kappa shape index (κ2) is 6.44. The molecule has 0 aromatic heterocycles. The van der Waals surface area contributed by atoms with E-state index in [1.807, 2.05) is 0 Å². The Morgan fingerprint density at radius 2 is 1.96 bits per heavy atom. The molecule has 2 N–H and O–H groups in total. The third-order valence-corrected chi connectivity index (χ3v) is 5.94. The zero-order valence-electron chi connectivity index (χ0n) is 13.8. The van der Waals surface area contributed by atoms with Crippen molar-refractivity contribution in [1.82, 2.24) is 10.2 Å². The van der Waals surface area contributed by atoms with Crippen LogP contribution in [0.15, 0.2) is 22.7 Å². The zero-order valence-corrected chi connectivity index (χ0v) is 15.3. The van der Waals surface area contributed by atoms with Crippen LogP contribution in [0.5, 0.6) is 0 Å². The number of nitrogens with one attached hydrogen (secondary N) is 2. The summed E-state index contributed by atoms with van der Waals surface area (Å²) in [4.78, 5) is 39.7. The minimum Gasteiger partial charge on any atom is -0.350 e. The SMILES string of the molecule is O=C(N[C@H]1CCN2C(=O)c3cc(Br)ccc3NC(=O)[C@H]12)C1CCCC1. The normalized spacial score (nSPS) is 26.0. The topological polar surface area (TPSA) is 78.5 Å². The number of benzene rings is 1. The maximum Gasteiger partial charge on any atom is 0.256 e. The highest BCUT2D eigenvalue weighted by Gasteiger charge is 2.45. The van der Waals surface area contributed by atoms with Crippen molar-refractivity contribution in [2.45, 2.75) is 44.2 Å². The van der Waals surface area contributed by atoms with E-state index < -0.39 is 6.04 Å². The Bertz CT molecular complexity index is 745. The van der Waals surface area contributed by atoms with Gasteiger partial charge >= 0.3 is 0 Å². The molecule has 2 heterocycles. The van der Waals surface area contributed by atoms with Crippen LogP contribution in [0.1, 0.15) is 42.5 Å². The summed E-state index contributed by atoms with van der Waals surface area (Å²) < 4.78 is 0.789. The third-order valence-electron chi connectivity index (χ3n) is 5.45. The number of carbonyl (C=O) groups excluding carboxylic acids is 3. The van der Waals surface area contributed by atoms with Gasteiger partial charge in [0, 0.05) is 16.9 Å². The van der Waals surface area contributed by atoms with E-state index in [0.717, 1.165) is 30.2 Å². The Labute approximate surface area is 154 Å². The van der Waals surface area contributed by atoms with Gasteiger partial charge in [0.15, 0.2) is 0 Å². The first kappa shape index (κ1) is 16.6. The summed E-state index contributed by atoms with van der Waals surface area (Å²) >= 11 is 3.37. The molecule has 3 amide bonds. The molecular weight excluding hydrogens is 386 g/mol. The number of halogens is 1. The van der Waals surface area contributed by atoms with Gasteiger partial charge in [-0.3, -0.25) is 14.4 Å². The lowest BCUT2D eigenvalue weighted by Crippen LogP contribution is -2.52. The van der Waals surface area contributed by atoms with Crippen molar-refractivity contribution in [1.29, 1.82) is 0 Å². The van der Waals surface area contributed by atoms with Crippen molar-refractivity contribution in [3.63, 3.8) is 0 Å². The highest BCUT2D eigenvalue weighted by Crippen LogP contribution is 2.31. The fourth-order valence-corrected chi connectivity index (χ4v) is 4.51. The second-order valence-corrected chi connectivity index (χ2v) is 7.92. The highest BCUT2D eigenvalue weighted by molar-refractivity contribution is 9.10. The molecule has 0 bridgehead atoms. The molecule has 1 saturated heterocycles. The van der Waals surface area contributed by atoms with Crippen molar-refractivity contribution < 1.29 is 14.4 Å². The third kappa shape index (κ3) is 2.94. The van der Waals surface area contributed by atoms with E-state index in [1.165, 1.54) is 0 Å². The number of carbonyl (C=O) groups is 3. The van der Waals surface area contributed by atoms with Crippen LogP contribution in [0.4, 0.5) is 5.69 Å². The van der Waals surface area contributed by atoms with E-state index in [1.54, 1.807) is 23.1 Å². The number of rotatable bonds is 2. The molecule has 25 heavy (non-hydrogen) atoms. The fraction of sp³-hybridized carbons (Fsp3) is 0.500. The van der Waals surface area contributed by atoms with Crippen molar-refractivity contribution in [2.24, 2.45) is 5.92 Å². The molecule has 1 saturated carbocycles.